The second-order valence-corrected chi connectivity index (χ2v) is 5.36. The van der Waals surface area contributed by atoms with Crippen LogP contribution < -0.4 is 0 Å². The summed E-state index contributed by atoms with van der Waals surface area (Å²) >= 11 is 0. The van der Waals surface area contributed by atoms with Crippen LogP contribution in [0.5, 0.6) is 0 Å². The van der Waals surface area contributed by atoms with Crippen LogP contribution in [-0.4, -0.2) is 17.3 Å². The van der Waals surface area contributed by atoms with Gasteiger partial charge in [-0.2, -0.15) is 0 Å². The van der Waals surface area contributed by atoms with Crippen molar-refractivity contribution in [2.75, 3.05) is 0 Å². The number of rotatable bonds is 8. The number of allylic oxidation sites excluding steroid dienone is 2. The average molecular weight is 318 g/mol. The molecule has 0 aliphatic carbocycles. The Labute approximate surface area is 141 Å². The van der Waals surface area contributed by atoms with E-state index in [4.69, 9.17) is 0 Å². The Morgan fingerprint density at radius 3 is 1.79 bits per heavy atom. The van der Waals surface area contributed by atoms with E-state index in [-0.39, 0.29) is 23.8 Å². The zero-order valence-electron chi connectivity index (χ0n) is 13.3. The van der Waals surface area contributed by atoms with Gasteiger partial charge in [0.25, 0.3) is 0 Å². The van der Waals surface area contributed by atoms with Crippen LogP contribution in [0.4, 0.5) is 0 Å². The SMILES string of the molecule is C=CC(=O)C(Cc1ccc(C(=O)c2ccccc2)cc1)C(=O)C=C. The molecular weight excluding hydrogens is 300 g/mol. The van der Waals surface area contributed by atoms with E-state index in [1.54, 1.807) is 36.4 Å². The van der Waals surface area contributed by atoms with Gasteiger partial charge in [0.1, 0.15) is 0 Å². The van der Waals surface area contributed by atoms with Gasteiger partial charge in [0, 0.05) is 11.1 Å². The summed E-state index contributed by atoms with van der Waals surface area (Å²) in [5.41, 5.74) is 1.98. The summed E-state index contributed by atoms with van der Waals surface area (Å²) in [5.74, 6) is -1.53. The van der Waals surface area contributed by atoms with Gasteiger partial charge in [-0.05, 0) is 24.1 Å². The number of ketones is 3. The lowest BCUT2D eigenvalue weighted by Crippen LogP contribution is -2.23. The topological polar surface area (TPSA) is 51.2 Å². The van der Waals surface area contributed by atoms with Crippen LogP contribution in [0.25, 0.3) is 0 Å². The third kappa shape index (κ3) is 4.02. The van der Waals surface area contributed by atoms with E-state index in [2.05, 4.69) is 13.2 Å². The Morgan fingerprint density at radius 1 is 0.792 bits per heavy atom. The number of benzene rings is 2. The Hall–Kier alpha value is -3.07. The van der Waals surface area contributed by atoms with Crippen LogP contribution >= 0.6 is 0 Å². The van der Waals surface area contributed by atoms with E-state index in [0.717, 1.165) is 17.7 Å². The summed E-state index contributed by atoms with van der Waals surface area (Å²) < 4.78 is 0. The minimum Gasteiger partial charge on any atom is -0.294 e. The van der Waals surface area contributed by atoms with Gasteiger partial charge in [0.2, 0.25) is 0 Å². The Balaban J connectivity index is 2.18. The molecule has 0 amide bonds. The fourth-order valence-electron chi connectivity index (χ4n) is 2.41. The fraction of sp³-hybridized carbons (Fsp3) is 0.0952. The molecule has 0 unspecified atom stereocenters. The van der Waals surface area contributed by atoms with Crippen molar-refractivity contribution >= 4 is 17.3 Å². The third-order valence-corrected chi connectivity index (χ3v) is 3.78. The van der Waals surface area contributed by atoms with Gasteiger partial charge in [0.05, 0.1) is 5.92 Å². The van der Waals surface area contributed by atoms with Gasteiger partial charge in [0.15, 0.2) is 17.3 Å². The Kier molecular flexibility index (Phi) is 5.74. The summed E-state index contributed by atoms with van der Waals surface area (Å²) in [7, 11) is 0. The van der Waals surface area contributed by atoms with Gasteiger partial charge >= 0.3 is 0 Å². The van der Waals surface area contributed by atoms with Crippen LogP contribution in [0.15, 0.2) is 79.9 Å². The zero-order chi connectivity index (χ0) is 17.5. The van der Waals surface area contributed by atoms with Gasteiger partial charge in [-0.1, -0.05) is 67.8 Å². The average Bonchev–Trinajstić information content (AvgIpc) is 2.65. The molecule has 2 aromatic rings. The minimum atomic E-state index is -0.810. The Bertz CT molecular complexity index is 750. The van der Waals surface area contributed by atoms with Crippen molar-refractivity contribution in [3.8, 4) is 0 Å². The van der Waals surface area contributed by atoms with Crippen molar-refractivity contribution in [1.29, 1.82) is 0 Å². The molecule has 0 aromatic heterocycles. The lowest BCUT2D eigenvalue weighted by Gasteiger charge is -2.11. The molecule has 0 aliphatic rings. The normalized spacial score (nSPS) is 10.2. The van der Waals surface area contributed by atoms with Crippen LogP contribution in [0.1, 0.15) is 21.5 Å². The molecule has 120 valence electrons. The molecule has 0 atom stereocenters. The minimum absolute atomic E-state index is 0.0666. The van der Waals surface area contributed by atoms with Crippen molar-refractivity contribution in [2.45, 2.75) is 6.42 Å². The van der Waals surface area contributed by atoms with E-state index in [9.17, 15) is 14.4 Å². The predicted octanol–water partition coefficient (Wildman–Crippen LogP) is 3.59. The van der Waals surface area contributed by atoms with E-state index in [1.165, 1.54) is 0 Å². The van der Waals surface area contributed by atoms with Crippen molar-refractivity contribution < 1.29 is 14.4 Å². The number of carbonyl (C=O) groups is 3. The molecule has 3 nitrogen and oxygen atoms in total. The molecule has 3 heteroatoms. The van der Waals surface area contributed by atoms with Gasteiger partial charge in [-0.15, -0.1) is 0 Å². The lowest BCUT2D eigenvalue weighted by molar-refractivity contribution is -0.127. The first kappa shape index (κ1) is 17.3. The summed E-state index contributed by atoms with van der Waals surface area (Å²) in [6, 6.07) is 15.9. The van der Waals surface area contributed by atoms with Gasteiger partial charge in [-0.3, -0.25) is 14.4 Å². The first-order valence-corrected chi connectivity index (χ1v) is 7.58. The quantitative estimate of drug-likeness (QED) is 0.424. The van der Waals surface area contributed by atoms with Crippen molar-refractivity contribution in [3.63, 3.8) is 0 Å². The van der Waals surface area contributed by atoms with Crippen molar-refractivity contribution in [3.05, 3.63) is 96.6 Å². The highest BCUT2D eigenvalue weighted by molar-refractivity contribution is 6.11. The highest BCUT2D eigenvalue weighted by Crippen LogP contribution is 2.16. The summed E-state index contributed by atoms with van der Waals surface area (Å²) in [5, 5.41) is 0. The van der Waals surface area contributed by atoms with E-state index in [1.807, 2.05) is 18.2 Å². The second kappa shape index (κ2) is 7.97. The van der Waals surface area contributed by atoms with Crippen molar-refractivity contribution in [1.82, 2.24) is 0 Å². The van der Waals surface area contributed by atoms with Crippen molar-refractivity contribution in [2.24, 2.45) is 5.92 Å². The Morgan fingerprint density at radius 2 is 1.29 bits per heavy atom. The maximum absolute atomic E-state index is 12.4. The summed E-state index contributed by atoms with van der Waals surface area (Å²) in [4.78, 5) is 36.0. The zero-order valence-corrected chi connectivity index (χ0v) is 13.3. The third-order valence-electron chi connectivity index (χ3n) is 3.78. The molecule has 0 fully saturated rings. The molecule has 0 aliphatic heterocycles. The highest BCUT2D eigenvalue weighted by Gasteiger charge is 2.22. The highest BCUT2D eigenvalue weighted by atomic mass is 16.1. The van der Waals surface area contributed by atoms with Gasteiger partial charge in [-0.25, -0.2) is 0 Å². The van der Waals surface area contributed by atoms with Gasteiger partial charge < -0.3 is 0 Å². The van der Waals surface area contributed by atoms with Crippen LogP contribution in [0.2, 0.25) is 0 Å². The molecule has 0 N–H and O–H groups in total. The molecule has 0 saturated heterocycles. The molecule has 24 heavy (non-hydrogen) atoms. The largest absolute Gasteiger partial charge is 0.294 e. The number of hydrogen-bond donors (Lipinski definition) is 0. The van der Waals surface area contributed by atoms with Crippen LogP contribution in [0, 0.1) is 5.92 Å². The predicted molar refractivity (Wildman–Crippen MR) is 93.9 cm³/mol. The smallest absolute Gasteiger partial charge is 0.193 e. The lowest BCUT2D eigenvalue weighted by atomic mass is 9.90. The molecule has 2 rings (SSSR count). The molecule has 0 bridgehead atoms. The standard InChI is InChI=1S/C21H18O3/c1-3-19(22)18(20(23)4-2)14-15-10-12-17(13-11-15)21(24)16-8-6-5-7-9-16/h3-13,18H,1-2,14H2. The summed E-state index contributed by atoms with van der Waals surface area (Å²) in [6.07, 6.45) is 2.56. The monoisotopic (exact) mass is 318 g/mol. The van der Waals surface area contributed by atoms with E-state index in [0.29, 0.717) is 11.1 Å². The van der Waals surface area contributed by atoms with Crippen LogP contribution in [-0.2, 0) is 16.0 Å². The molecule has 2 aromatic carbocycles. The molecule has 0 saturated carbocycles. The first-order valence-electron chi connectivity index (χ1n) is 7.58. The second-order valence-electron chi connectivity index (χ2n) is 5.36. The molecule has 0 spiro atoms. The first-order chi connectivity index (χ1) is 11.6. The number of carbonyl (C=O) groups excluding carboxylic acids is 3. The maximum atomic E-state index is 12.4. The number of hydrogen-bond acceptors (Lipinski definition) is 3. The molecular formula is C21H18O3. The van der Waals surface area contributed by atoms with Crippen LogP contribution in [0.3, 0.4) is 0 Å². The van der Waals surface area contributed by atoms with E-state index < -0.39 is 5.92 Å². The van der Waals surface area contributed by atoms with E-state index >= 15 is 0 Å². The fourth-order valence-corrected chi connectivity index (χ4v) is 2.41. The molecule has 0 heterocycles. The maximum Gasteiger partial charge on any atom is 0.193 e. The summed E-state index contributed by atoms with van der Waals surface area (Å²) in [6.45, 7) is 6.86. The molecule has 0 radical (unpaired) electrons.